The minimum absolute atomic E-state index is 0.473. The van der Waals surface area contributed by atoms with Crippen LogP contribution < -0.4 is 0 Å². The summed E-state index contributed by atoms with van der Waals surface area (Å²) in [6, 6.07) is 5.73. The molecule has 3 rings (SSSR count). The molecule has 1 fully saturated rings. The molecule has 1 aliphatic heterocycles. The number of halogens is 1. The van der Waals surface area contributed by atoms with E-state index in [-0.39, 0.29) is 0 Å². The summed E-state index contributed by atoms with van der Waals surface area (Å²) >= 11 is 6.22. The Balaban J connectivity index is 2.00. The summed E-state index contributed by atoms with van der Waals surface area (Å²) in [5, 5.41) is 9.20. The fraction of sp³-hybridized carbons (Fsp3) is 0.500. The molecule has 0 aromatic carbocycles. The van der Waals surface area contributed by atoms with E-state index in [1.54, 1.807) is 0 Å². The van der Waals surface area contributed by atoms with Gasteiger partial charge in [0, 0.05) is 5.92 Å². The number of hydrogen-bond acceptors (Lipinski definition) is 3. The molecule has 0 radical (unpaired) electrons. The van der Waals surface area contributed by atoms with Gasteiger partial charge in [-0.05, 0) is 45.1 Å². The zero-order valence-corrected chi connectivity index (χ0v) is 10.6. The Hall–Kier alpha value is -1.13. The van der Waals surface area contributed by atoms with Crippen LogP contribution >= 0.6 is 11.6 Å². The van der Waals surface area contributed by atoms with Crippen LogP contribution in [0.25, 0.3) is 5.65 Å². The Bertz CT molecular complexity index is 528. The normalized spacial score (nSPS) is 18.9. The summed E-state index contributed by atoms with van der Waals surface area (Å²) in [4.78, 5) is 2.35. The van der Waals surface area contributed by atoms with Gasteiger partial charge in [-0.2, -0.15) is 0 Å². The zero-order chi connectivity index (χ0) is 11.8. The van der Waals surface area contributed by atoms with Crippen molar-refractivity contribution >= 4 is 17.2 Å². The molecule has 0 N–H and O–H groups in total. The van der Waals surface area contributed by atoms with Crippen LogP contribution in [0.15, 0.2) is 18.2 Å². The number of rotatable bonds is 1. The summed E-state index contributed by atoms with van der Waals surface area (Å²) in [5.41, 5.74) is 0.839. The monoisotopic (exact) mass is 250 g/mol. The van der Waals surface area contributed by atoms with Crippen molar-refractivity contribution in [2.24, 2.45) is 0 Å². The van der Waals surface area contributed by atoms with Gasteiger partial charge in [-0.1, -0.05) is 17.7 Å². The van der Waals surface area contributed by atoms with Gasteiger partial charge in [0.1, 0.15) is 11.0 Å². The van der Waals surface area contributed by atoms with E-state index in [4.69, 9.17) is 11.6 Å². The maximum Gasteiger partial charge on any atom is 0.161 e. The van der Waals surface area contributed by atoms with E-state index < -0.39 is 0 Å². The van der Waals surface area contributed by atoms with Crippen LogP contribution in [0.3, 0.4) is 0 Å². The molecule has 1 saturated heterocycles. The SMILES string of the molecule is CN1CCC(c2nnc3cccc(Cl)n23)CC1. The molecule has 17 heavy (non-hydrogen) atoms. The van der Waals surface area contributed by atoms with Crippen molar-refractivity contribution in [3.8, 4) is 0 Å². The van der Waals surface area contributed by atoms with Gasteiger partial charge in [-0.15, -0.1) is 10.2 Å². The summed E-state index contributed by atoms with van der Waals surface area (Å²) in [6.45, 7) is 2.23. The lowest BCUT2D eigenvalue weighted by molar-refractivity contribution is 0.250. The second-order valence-electron chi connectivity index (χ2n) is 4.68. The molecule has 1 aliphatic rings. The topological polar surface area (TPSA) is 33.4 Å². The standard InChI is InChI=1S/C12H15ClN4/c1-16-7-5-9(6-8-16)12-15-14-11-4-2-3-10(13)17(11)12/h2-4,9H,5-8H2,1H3. The van der Waals surface area contributed by atoms with E-state index in [2.05, 4.69) is 22.1 Å². The van der Waals surface area contributed by atoms with E-state index in [1.807, 2.05) is 22.6 Å². The maximum absolute atomic E-state index is 6.22. The smallest absolute Gasteiger partial charge is 0.161 e. The summed E-state index contributed by atoms with van der Waals surface area (Å²) in [5.74, 6) is 1.49. The molecule has 2 aromatic rings. The highest BCUT2D eigenvalue weighted by Gasteiger charge is 2.23. The lowest BCUT2D eigenvalue weighted by atomic mass is 9.96. The second kappa shape index (κ2) is 4.27. The molecule has 5 heteroatoms. The molecule has 90 valence electrons. The van der Waals surface area contributed by atoms with E-state index in [0.29, 0.717) is 11.1 Å². The Morgan fingerprint density at radius 3 is 2.76 bits per heavy atom. The van der Waals surface area contributed by atoms with E-state index in [1.165, 1.54) is 0 Å². The number of fused-ring (bicyclic) bond motifs is 1. The first-order chi connectivity index (χ1) is 8.25. The van der Waals surface area contributed by atoms with Crippen LogP contribution in [-0.2, 0) is 0 Å². The molecule has 0 atom stereocenters. The summed E-state index contributed by atoms with van der Waals surface area (Å²) in [6.07, 6.45) is 2.25. The third-order valence-corrected chi connectivity index (χ3v) is 3.78. The van der Waals surface area contributed by atoms with E-state index in [9.17, 15) is 0 Å². The predicted molar refractivity (Wildman–Crippen MR) is 67.5 cm³/mol. The Kier molecular flexibility index (Phi) is 2.76. The van der Waals surface area contributed by atoms with Crippen LogP contribution in [0.1, 0.15) is 24.6 Å². The number of pyridine rings is 1. The minimum atomic E-state index is 0.473. The molecule has 0 aliphatic carbocycles. The lowest BCUT2D eigenvalue weighted by Crippen LogP contribution is -2.30. The minimum Gasteiger partial charge on any atom is -0.306 e. The van der Waals surface area contributed by atoms with Gasteiger partial charge in [0.15, 0.2) is 5.65 Å². The molecule has 2 aromatic heterocycles. The number of piperidine rings is 1. The van der Waals surface area contributed by atoms with Crippen molar-refractivity contribution in [1.82, 2.24) is 19.5 Å². The molecular formula is C12H15ClN4. The van der Waals surface area contributed by atoms with Crippen LogP contribution in [0.4, 0.5) is 0 Å². The molecule has 0 unspecified atom stereocenters. The third-order valence-electron chi connectivity index (χ3n) is 3.49. The van der Waals surface area contributed by atoms with Gasteiger partial charge in [0.25, 0.3) is 0 Å². The second-order valence-corrected chi connectivity index (χ2v) is 5.07. The number of aromatic nitrogens is 3. The van der Waals surface area contributed by atoms with Crippen LogP contribution in [0.5, 0.6) is 0 Å². The van der Waals surface area contributed by atoms with Gasteiger partial charge in [-0.25, -0.2) is 0 Å². The summed E-state index contributed by atoms with van der Waals surface area (Å²) in [7, 11) is 2.16. The van der Waals surface area contributed by atoms with E-state index in [0.717, 1.165) is 37.4 Å². The van der Waals surface area contributed by atoms with Crippen molar-refractivity contribution in [2.45, 2.75) is 18.8 Å². The van der Waals surface area contributed by atoms with Crippen molar-refractivity contribution in [3.05, 3.63) is 29.2 Å². The first kappa shape index (κ1) is 11.0. The number of likely N-dealkylation sites (tertiary alicyclic amines) is 1. The van der Waals surface area contributed by atoms with Crippen molar-refractivity contribution < 1.29 is 0 Å². The Labute approximate surface area is 105 Å². The highest BCUT2D eigenvalue weighted by atomic mass is 35.5. The van der Waals surface area contributed by atoms with Crippen LogP contribution in [0, 0.1) is 0 Å². The highest BCUT2D eigenvalue weighted by molar-refractivity contribution is 6.29. The van der Waals surface area contributed by atoms with Gasteiger partial charge in [-0.3, -0.25) is 4.40 Å². The van der Waals surface area contributed by atoms with Gasteiger partial charge in [0.2, 0.25) is 0 Å². The maximum atomic E-state index is 6.22. The van der Waals surface area contributed by atoms with Crippen molar-refractivity contribution in [3.63, 3.8) is 0 Å². The first-order valence-electron chi connectivity index (χ1n) is 5.94. The molecule has 4 nitrogen and oxygen atoms in total. The van der Waals surface area contributed by atoms with Crippen LogP contribution in [0.2, 0.25) is 5.15 Å². The summed E-state index contributed by atoms with van der Waals surface area (Å²) < 4.78 is 1.97. The zero-order valence-electron chi connectivity index (χ0n) is 9.80. The third kappa shape index (κ3) is 1.91. The quantitative estimate of drug-likeness (QED) is 0.728. The van der Waals surface area contributed by atoms with Gasteiger partial charge in [0.05, 0.1) is 0 Å². The molecule has 3 heterocycles. The van der Waals surface area contributed by atoms with Gasteiger partial charge < -0.3 is 4.90 Å². The molecule has 0 bridgehead atoms. The number of hydrogen-bond donors (Lipinski definition) is 0. The largest absolute Gasteiger partial charge is 0.306 e. The molecule has 0 spiro atoms. The highest BCUT2D eigenvalue weighted by Crippen LogP contribution is 2.28. The Morgan fingerprint density at radius 1 is 1.24 bits per heavy atom. The van der Waals surface area contributed by atoms with Gasteiger partial charge >= 0.3 is 0 Å². The Morgan fingerprint density at radius 2 is 2.00 bits per heavy atom. The fourth-order valence-electron chi connectivity index (χ4n) is 2.46. The average molecular weight is 251 g/mol. The molecule has 0 amide bonds. The molecular weight excluding hydrogens is 236 g/mol. The average Bonchev–Trinajstić information content (AvgIpc) is 2.75. The molecule has 0 saturated carbocycles. The fourth-order valence-corrected chi connectivity index (χ4v) is 2.70. The van der Waals surface area contributed by atoms with E-state index >= 15 is 0 Å². The number of nitrogens with zero attached hydrogens (tertiary/aromatic N) is 4. The van der Waals surface area contributed by atoms with Crippen molar-refractivity contribution in [1.29, 1.82) is 0 Å². The van der Waals surface area contributed by atoms with Crippen LogP contribution in [-0.4, -0.2) is 39.6 Å². The first-order valence-corrected chi connectivity index (χ1v) is 6.31. The lowest BCUT2D eigenvalue weighted by Gasteiger charge is -2.27. The van der Waals surface area contributed by atoms with Crippen molar-refractivity contribution in [2.75, 3.05) is 20.1 Å². The predicted octanol–water partition coefficient (Wildman–Crippen LogP) is 2.19.